The van der Waals surface area contributed by atoms with Crippen molar-refractivity contribution in [1.82, 2.24) is 0 Å². The summed E-state index contributed by atoms with van der Waals surface area (Å²) >= 11 is 0. The maximum absolute atomic E-state index is 5.48. The van der Waals surface area contributed by atoms with Crippen LogP contribution in [0.4, 0.5) is 0 Å². The Kier molecular flexibility index (Phi) is 2.30. The first kappa shape index (κ1) is 8.30. The van der Waals surface area contributed by atoms with Gasteiger partial charge < -0.3 is 4.74 Å². The molecule has 2 rings (SSSR count). The lowest BCUT2D eigenvalue weighted by Gasteiger charge is -2.18. The number of ether oxygens (including phenoxy) is 1. The minimum Gasteiger partial charge on any atom is -0.477 e. The molecule has 1 aromatic carbocycles. The van der Waals surface area contributed by atoms with E-state index in [1.54, 1.807) is 0 Å². The van der Waals surface area contributed by atoms with Crippen molar-refractivity contribution in [3.8, 4) is 0 Å². The van der Waals surface area contributed by atoms with Crippen LogP contribution in [-0.4, -0.2) is 18.5 Å². The zero-order valence-electron chi connectivity index (χ0n) is 7.73. The SMILES string of the molecule is CC1CCOC(c2ccccc2)=N1. The Labute approximate surface area is 78.3 Å². The summed E-state index contributed by atoms with van der Waals surface area (Å²) in [6.07, 6.45) is 1.02. The Morgan fingerprint density at radius 3 is 2.77 bits per heavy atom. The largest absolute Gasteiger partial charge is 0.477 e. The minimum atomic E-state index is 0.393. The van der Waals surface area contributed by atoms with Crippen molar-refractivity contribution in [1.29, 1.82) is 0 Å². The zero-order valence-corrected chi connectivity index (χ0v) is 7.73. The highest BCUT2D eigenvalue weighted by molar-refractivity contribution is 5.94. The van der Waals surface area contributed by atoms with Gasteiger partial charge in [0.15, 0.2) is 0 Å². The predicted molar refractivity (Wildman–Crippen MR) is 53.0 cm³/mol. The van der Waals surface area contributed by atoms with Crippen LogP contribution in [0.15, 0.2) is 35.3 Å². The Balaban J connectivity index is 2.26. The van der Waals surface area contributed by atoms with Gasteiger partial charge in [-0.3, -0.25) is 0 Å². The fourth-order valence-corrected chi connectivity index (χ4v) is 1.37. The Bertz CT molecular complexity index is 305. The number of hydrogen-bond donors (Lipinski definition) is 0. The van der Waals surface area contributed by atoms with E-state index in [-0.39, 0.29) is 0 Å². The first-order valence-corrected chi connectivity index (χ1v) is 4.62. The normalized spacial score (nSPS) is 21.9. The lowest BCUT2D eigenvalue weighted by Crippen LogP contribution is -2.19. The molecule has 13 heavy (non-hydrogen) atoms. The Morgan fingerprint density at radius 2 is 2.08 bits per heavy atom. The highest BCUT2D eigenvalue weighted by Crippen LogP contribution is 2.11. The maximum Gasteiger partial charge on any atom is 0.216 e. The summed E-state index contributed by atoms with van der Waals surface area (Å²) in [7, 11) is 0. The van der Waals surface area contributed by atoms with Crippen molar-refractivity contribution in [2.75, 3.05) is 6.61 Å². The van der Waals surface area contributed by atoms with E-state index in [0.29, 0.717) is 6.04 Å². The summed E-state index contributed by atoms with van der Waals surface area (Å²) in [5, 5.41) is 0. The van der Waals surface area contributed by atoms with Gasteiger partial charge in [0.2, 0.25) is 5.90 Å². The monoisotopic (exact) mass is 175 g/mol. The van der Waals surface area contributed by atoms with Crippen molar-refractivity contribution in [2.45, 2.75) is 19.4 Å². The van der Waals surface area contributed by atoms with Gasteiger partial charge in [-0.15, -0.1) is 0 Å². The van der Waals surface area contributed by atoms with E-state index in [1.807, 2.05) is 30.3 Å². The number of benzene rings is 1. The maximum atomic E-state index is 5.48. The summed E-state index contributed by atoms with van der Waals surface area (Å²) < 4.78 is 5.48. The molecule has 0 radical (unpaired) electrons. The van der Waals surface area contributed by atoms with E-state index < -0.39 is 0 Å². The van der Waals surface area contributed by atoms with Crippen molar-refractivity contribution < 1.29 is 4.74 Å². The Hall–Kier alpha value is -1.31. The van der Waals surface area contributed by atoms with Gasteiger partial charge in [0, 0.05) is 12.0 Å². The van der Waals surface area contributed by atoms with E-state index in [2.05, 4.69) is 11.9 Å². The first-order chi connectivity index (χ1) is 6.36. The lowest BCUT2D eigenvalue weighted by molar-refractivity contribution is 0.265. The second-order valence-electron chi connectivity index (χ2n) is 3.29. The molecule has 0 fully saturated rings. The highest BCUT2D eigenvalue weighted by atomic mass is 16.5. The predicted octanol–water partition coefficient (Wildman–Crippen LogP) is 2.24. The zero-order chi connectivity index (χ0) is 9.10. The molecule has 1 unspecified atom stereocenters. The van der Waals surface area contributed by atoms with E-state index in [4.69, 9.17) is 4.74 Å². The summed E-state index contributed by atoms with van der Waals surface area (Å²) in [5.41, 5.74) is 1.08. The van der Waals surface area contributed by atoms with E-state index >= 15 is 0 Å². The topological polar surface area (TPSA) is 21.6 Å². The minimum absolute atomic E-state index is 0.393. The highest BCUT2D eigenvalue weighted by Gasteiger charge is 2.12. The quantitative estimate of drug-likeness (QED) is 0.641. The second-order valence-corrected chi connectivity index (χ2v) is 3.29. The molecule has 0 spiro atoms. The molecule has 1 aromatic rings. The van der Waals surface area contributed by atoms with Crippen LogP contribution in [0.3, 0.4) is 0 Å². The van der Waals surface area contributed by atoms with Gasteiger partial charge in [-0.25, -0.2) is 4.99 Å². The summed E-state index contributed by atoms with van der Waals surface area (Å²) in [4.78, 5) is 4.45. The Morgan fingerprint density at radius 1 is 1.31 bits per heavy atom. The van der Waals surface area contributed by atoms with Gasteiger partial charge >= 0.3 is 0 Å². The van der Waals surface area contributed by atoms with Crippen molar-refractivity contribution in [2.24, 2.45) is 4.99 Å². The molecule has 0 N–H and O–H groups in total. The van der Waals surface area contributed by atoms with Crippen LogP contribution in [0, 0.1) is 0 Å². The lowest BCUT2D eigenvalue weighted by atomic mass is 10.2. The molecule has 2 heteroatoms. The van der Waals surface area contributed by atoms with E-state index in [9.17, 15) is 0 Å². The van der Waals surface area contributed by atoms with Crippen molar-refractivity contribution in [3.63, 3.8) is 0 Å². The number of nitrogens with zero attached hydrogens (tertiary/aromatic N) is 1. The third kappa shape index (κ3) is 1.89. The van der Waals surface area contributed by atoms with Gasteiger partial charge in [-0.05, 0) is 19.1 Å². The van der Waals surface area contributed by atoms with Crippen LogP contribution < -0.4 is 0 Å². The fourth-order valence-electron chi connectivity index (χ4n) is 1.37. The number of rotatable bonds is 1. The van der Waals surface area contributed by atoms with Crippen molar-refractivity contribution in [3.05, 3.63) is 35.9 Å². The molecule has 1 aliphatic heterocycles. The fraction of sp³-hybridized carbons (Fsp3) is 0.364. The average molecular weight is 175 g/mol. The molecule has 0 bridgehead atoms. The molecule has 1 atom stereocenters. The third-order valence-corrected chi connectivity index (χ3v) is 2.13. The molecule has 1 heterocycles. The third-order valence-electron chi connectivity index (χ3n) is 2.13. The summed E-state index contributed by atoms with van der Waals surface area (Å²) in [5.74, 6) is 0.791. The average Bonchev–Trinajstić information content (AvgIpc) is 2.19. The number of hydrogen-bond acceptors (Lipinski definition) is 2. The molecule has 0 saturated carbocycles. The molecule has 0 amide bonds. The molecular weight excluding hydrogens is 162 g/mol. The van der Waals surface area contributed by atoms with Crippen LogP contribution in [-0.2, 0) is 4.74 Å². The van der Waals surface area contributed by atoms with Crippen LogP contribution in [0.5, 0.6) is 0 Å². The van der Waals surface area contributed by atoms with Crippen LogP contribution in [0.25, 0.3) is 0 Å². The van der Waals surface area contributed by atoms with Gasteiger partial charge in [0.1, 0.15) is 0 Å². The summed E-state index contributed by atoms with van der Waals surface area (Å²) in [6.45, 7) is 2.90. The number of aliphatic imine (C=N–C) groups is 1. The molecule has 68 valence electrons. The van der Waals surface area contributed by atoms with E-state index in [1.165, 1.54) is 0 Å². The smallest absolute Gasteiger partial charge is 0.216 e. The van der Waals surface area contributed by atoms with Crippen LogP contribution >= 0.6 is 0 Å². The standard InChI is InChI=1S/C11H13NO/c1-9-7-8-13-11(12-9)10-5-3-2-4-6-10/h2-6,9H,7-8H2,1H3. The van der Waals surface area contributed by atoms with Gasteiger partial charge in [-0.2, -0.15) is 0 Å². The van der Waals surface area contributed by atoms with Crippen LogP contribution in [0.2, 0.25) is 0 Å². The van der Waals surface area contributed by atoms with Gasteiger partial charge in [0.05, 0.1) is 12.6 Å². The molecule has 1 aliphatic rings. The van der Waals surface area contributed by atoms with Gasteiger partial charge in [-0.1, -0.05) is 18.2 Å². The first-order valence-electron chi connectivity index (χ1n) is 4.62. The molecular formula is C11H13NO. The second kappa shape index (κ2) is 3.60. The summed E-state index contributed by atoms with van der Waals surface area (Å²) in [6, 6.07) is 10.4. The molecule has 0 aromatic heterocycles. The molecule has 0 aliphatic carbocycles. The van der Waals surface area contributed by atoms with Crippen molar-refractivity contribution >= 4 is 5.90 Å². The van der Waals surface area contributed by atoms with Gasteiger partial charge in [0.25, 0.3) is 0 Å². The molecule has 0 saturated heterocycles. The van der Waals surface area contributed by atoms with Crippen LogP contribution in [0.1, 0.15) is 18.9 Å². The molecule has 2 nitrogen and oxygen atoms in total. The van der Waals surface area contributed by atoms with E-state index in [0.717, 1.165) is 24.5 Å².